The van der Waals surface area contributed by atoms with E-state index in [1.165, 1.54) is 0 Å². The predicted molar refractivity (Wildman–Crippen MR) is 264 cm³/mol. The summed E-state index contributed by atoms with van der Waals surface area (Å²) in [5.74, 6) is 0. The number of aliphatic hydroxyl groups excluding tert-OH is 1. The SMILES string of the molecule is CO.O.[Co+3].[O-][Cl+3]([O-])([O-])[O-].[O-][Cl+3]([O-])([O-])[O-].[O-][Cl+3]([O-])([O-])[O-].c1ccc(-c2cc(N3CCOCCOCCOCCOCC3)cc(-c3ccccn3)n2)nc1.c1ccc(-c2cc(N3CCOCCOCCOCCOCC3)cc(-c3ccccn3)n2)nc1. The number of anilines is 2. The first kappa shape index (κ1) is 78.0. The van der Waals surface area contributed by atoms with E-state index in [0.717, 1.165) is 64.0 Å². The van der Waals surface area contributed by atoms with E-state index in [0.29, 0.717) is 132 Å². The summed E-state index contributed by atoms with van der Waals surface area (Å²) < 4.78 is 147. The molecule has 0 unspecified atom stereocenters. The van der Waals surface area contributed by atoms with Crippen LogP contribution in [0.15, 0.2) is 122 Å². The van der Waals surface area contributed by atoms with Crippen LogP contribution < -0.4 is 65.7 Å². The van der Waals surface area contributed by atoms with Crippen LogP contribution in [0, 0.1) is 30.7 Å². The van der Waals surface area contributed by atoms with Crippen LogP contribution in [0.3, 0.4) is 0 Å². The normalized spacial score (nSPS) is 15.5. The maximum Gasteiger partial charge on any atom is 3.00 e. The zero-order chi connectivity index (χ0) is 60.6. The average Bonchev–Trinajstić information content (AvgIpc) is 3.65. The Morgan fingerprint density at radius 1 is 0.318 bits per heavy atom. The molecule has 0 bridgehead atoms. The van der Waals surface area contributed by atoms with Gasteiger partial charge in [-0.05, 0) is 72.8 Å². The Morgan fingerprint density at radius 2 is 0.494 bits per heavy atom. The smallest absolute Gasteiger partial charge is 0.412 e. The van der Waals surface area contributed by atoms with Crippen molar-refractivity contribution in [1.82, 2.24) is 29.9 Å². The number of aromatic nitrogens is 6. The zero-order valence-electron chi connectivity index (χ0n) is 45.8. The fourth-order valence-electron chi connectivity index (χ4n) is 6.94. The molecule has 2 saturated heterocycles. The van der Waals surface area contributed by atoms with Gasteiger partial charge in [0.15, 0.2) is 0 Å². The van der Waals surface area contributed by atoms with Crippen molar-refractivity contribution in [2.24, 2.45) is 0 Å². The third-order valence-corrected chi connectivity index (χ3v) is 10.3. The van der Waals surface area contributed by atoms with Crippen molar-refractivity contribution in [3.8, 4) is 45.6 Å². The van der Waals surface area contributed by atoms with Crippen molar-refractivity contribution in [3.63, 3.8) is 0 Å². The number of hydrogen-bond acceptors (Lipinski definition) is 29. The number of halogens is 3. The molecule has 0 aliphatic carbocycles. The molecule has 85 heavy (non-hydrogen) atoms. The van der Waals surface area contributed by atoms with Crippen LogP contribution >= 0.6 is 0 Å². The molecule has 0 saturated carbocycles. The Hall–Kier alpha value is -5.00. The summed E-state index contributed by atoms with van der Waals surface area (Å²) in [6.45, 7) is 11.9. The Bertz CT molecular complexity index is 2230. The summed E-state index contributed by atoms with van der Waals surface area (Å²) in [6.07, 6.45) is 7.11. The second-order valence-corrected chi connectivity index (χ2v) is 18.3. The van der Waals surface area contributed by atoms with E-state index in [4.69, 9.17) is 109 Å². The van der Waals surface area contributed by atoms with Gasteiger partial charge in [0.1, 0.15) is 0 Å². The fourth-order valence-corrected chi connectivity index (χ4v) is 6.94. The van der Waals surface area contributed by atoms with Crippen LogP contribution in [0.4, 0.5) is 11.4 Å². The maximum absolute atomic E-state index is 8.49. The molecule has 8 rings (SSSR count). The number of ether oxygens (including phenoxy) is 8. The quantitative estimate of drug-likeness (QED) is 0.162. The van der Waals surface area contributed by atoms with Crippen molar-refractivity contribution in [3.05, 3.63) is 122 Å². The molecule has 0 aromatic carbocycles. The monoisotopic (exact) mass is 1310 g/mol. The second-order valence-electron chi connectivity index (χ2n) is 16.1. The first-order valence-corrected chi connectivity index (χ1v) is 28.6. The molecule has 0 radical (unpaired) electrons. The number of aliphatic hydroxyl groups is 1. The van der Waals surface area contributed by atoms with Crippen LogP contribution in [0.5, 0.6) is 0 Å². The third kappa shape index (κ3) is 39.4. The van der Waals surface area contributed by atoms with Crippen molar-refractivity contribution < 1.29 is 152 Å². The molecule has 34 heteroatoms. The average molecular weight is 1310 g/mol. The minimum absolute atomic E-state index is 0. The number of hydrogen-bond donors (Lipinski definition) is 1. The standard InChI is InChI=1S/2C25H30N4O4.CH4O.3ClHO4.Co.H2O/c2*1-3-7-26-22(5-1)24-19-21(20-25(28-24)23-6-2-4-8-27-23)29-9-11-30-13-15-32-17-18-33-16-14-31-12-10-29;1-2;3*2-1(3,4)5;;/h2*1-8,19-20H,9-18H2;2H,1H3;3*(H,2,3,4,5);;1H2/q;;;;;;+3;/p-3. The molecule has 2 aliphatic heterocycles. The van der Waals surface area contributed by atoms with Gasteiger partial charge in [-0.15, -0.1) is 30.7 Å². The van der Waals surface area contributed by atoms with Gasteiger partial charge in [0.25, 0.3) is 0 Å². The minimum Gasteiger partial charge on any atom is -0.412 e. The zero-order valence-corrected chi connectivity index (χ0v) is 49.2. The van der Waals surface area contributed by atoms with Crippen molar-refractivity contribution in [2.75, 3.05) is 149 Å². The van der Waals surface area contributed by atoms with Crippen molar-refractivity contribution >= 4 is 11.4 Å². The largest absolute Gasteiger partial charge is 3.00 e. The molecule has 2 aliphatic rings. The minimum atomic E-state index is -4.94. The van der Waals surface area contributed by atoms with Gasteiger partial charge >= 0.3 is 16.8 Å². The Labute approximate surface area is 507 Å². The summed E-state index contributed by atoms with van der Waals surface area (Å²) in [5.41, 5.74) is 8.51. The van der Waals surface area contributed by atoms with Crippen molar-refractivity contribution in [1.29, 1.82) is 0 Å². The van der Waals surface area contributed by atoms with E-state index in [-0.39, 0.29) is 22.3 Å². The molecule has 8 heterocycles. The molecule has 30 nitrogen and oxygen atoms in total. The van der Waals surface area contributed by atoms with Gasteiger partial charge in [-0.1, -0.05) is 24.3 Å². The molecule has 0 spiro atoms. The molecule has 3 N–H and O–H groups in total. The summed E-state index contributed by atoms with van der Waals surface area (Å²) in [5, 5.41) is 7.00. The van der Waals surface area contributed by atoms with E-state index < -0.39 is 30.7 Å². The summed E-state index contributed by atoms with van der Waals surface area (Å²) in [4.78, 5) is 32.2. The first-order chi connectivity index (χ1) is 39.8. The molecule has 472 valence electrons. The second kappa shape index (κ2) is 45.3. The van der Waals surface area contributed by atoms with E-state index in [1.54, 1.807) is 24.8 Å². The Balaban J connectivity index is 0.000000657. The van der Waals surface area contributed by atoms with Crippen molar-refractivity contribution in [2.45, 2.75) is 0 Å². The summed E-state index contributed by atoms with van der Waals surface area (Å²) in [7, 11) is -13.8. The van der Waals surface area contributed by atoms with Gasteiger partial charge in [0, 0.05) is 69.5 Å². The number of nitrogens with zero attached hydrogens (tertiary/aromatic N) is 8. The van der Waals surface area contributed by atoms with Gasteiger partial charge in [0.05, 0.1) is 151 Å². The van der Waals surface area contributed by atoms with Crippen LogP contribution in [0.1, 0.15) is 0 Å². The molecule has 0 amide bonds. The fraction of sp³-hybridized carbons (Fsp3) is 0.412. The van der Waals surface area contributed by atoms with Gasteiger partial charge in [-0.25, -0.2) is 65.9 Å². The van der Waals surface area contributed by atoms with Gasteiger partial charge in [-0.2, -0.15) is 0 Å². The molecular formula is C51H66Cl3CoN8O22. The topological polar surface area (TPSA) is 486 Å². The number of rotatable bonds is 6. The maximum atomic E-state index is 8.49. The van der Waals surface area contributed by atoms with Crippen LogP contribution in [0.25, 0.3) is 45.6 Å². The molecule has 2 fully saturated rings. The first-order valence-electron chi connectivity index (χ1n) is 24.9. The molecule has 6 aromatic rings. The van der Waals surface area contributed by atoms with E-state index in [9.17, 15) is 0 Å². The Kier molecular flexibility index (Phi) is 41.6. The molecule has 6 aromatic heterocycles. The van der Waals surface area contributed by atoms with Gasteiger partial charge < -0.3 is 58.3 Å². The van der Waals surface area contributed by atoms with E-state index in [1.807, 2.05) is 72.8 Å². The third-order valence-electron chi connectivity index (χ3n) is 10.3. The van der Waals surface area contributed by atoms with Gasteiger partial charge in [-0.3, -0.25) is 19.9 Å². The predicted octanol–water partition coefficient (Wildman–Crippen LogP) is -9.30. The molecule has 0 atom stereocenters. The van der Waals surface area contributed by atoms with Gasteiger partial charge in [0.2, 0.25) is 0 Å². The molecular weight excluding hydrogens is 1240 g/mol. The summed E-state index contributed by atoms with van der Waals surface area (Å²) in [6, 6.07) is 31.6. The number of pyridine rings is 6. The summed E-state index contributed by atoms with van der Waals surface area (Å²) >= 11 is 0. The van der Waals surface area contributed by atoms with Crippen LogP contribution in [0.2, 0.25) is 0 Å². The van der Waals surface area contributed by atoms with Crippen LogP contribution in [-0.4, -0.2) is 179 Å². The Morgan fingerprint density at radius 3 is 0.659 bits per heavy atom. The van der Waals surface area contributed by atoms with E-state index >= 15 is 0 Å². The van der Waals surface area contributed by atoms with E-state index in [2.05, 4.69) is 54.0 Å². The van der Waals surface area contributed by atoms with Crippen LogP contribution in [-0.2, 0) is 54.7 Å².